The van der Waals surface area contributed by atoms with E-state index in [2.05, 4.69) is 5.32 Å². The zero-order valence-electron chi connectivity index (χ0n) is 8.32. The van der Waals surface area contributed by atoms with Gasteiger partial charge in [0.1, 0.15) is 17.7 Å². The number of methoxy groups -OCH3 is 1. The van der Waals surface area contributed by atoms with Crippen LogP contribution in [0.25, 0.3) is 0 Å². The molecule has 1 aromatic carbocycles. The molecule has 3 N–H and O–H groups in total. The molecule has 78 valence electrons. The van der Waals surface area contributed by atoms with Crippen LogP contribution in [0, 0.1) is 0 Å². The highest BCUT2D eigenvalue weighted by Crippen LogP contribution is 2.31. The highest BCUT2D eigenvalue weighted by molar-refractivity contribution is 5.45. The van der Waals surface area contributed by atoms with Crippen LogP contribution < -0.4 is 10.1 Å². The minimum Gasteiger partial charge on any atom is -0.507 e. The summed E-state index contributed by atoms with van der Waals surface area (Å²) >= 11 is 0. The Labute approximate surface area is 83.1 Å². The topological polar surface area (TPSA) is 61.7 Å². The summed E-state index contributed by atoms with van der Waals surface area (Å²) in [5, 5.41) is 22.0. The van der Waals surface area contributed by atoms with Gasteiger partial charge in [0.15, 0.2) is 0 Å². The lowest BCUT2D eigenvalue weighted by atomic mass is 10.1. The van der Waals surface area contributed by atoms with Crippen LogP contribution in [0.3, 0.4) is 0 Å². The maximum Gasteiger partial charge on any atom is 0.138 e. The maximum absolute atomic E-state index is 9.66. The van der Waals surface area contributed by atoms with E-state index in [0.717, 1.165) is 0 Å². The summed E-state index contributed by atoms with van der Waals surface area (Å²) in [6, 6.07) is 4.87. The Hall–Kier alpha value is -1.26. The molecule has 4 heteroatoms. The van der Waals surface area contributed by atoms with Crippen molar-refractivity contribution in [2.75, 3.05) is 13.7 Å². The van der Waals surface area contributed by atoms with Gasteiger partial charge in [0.25, 0.3) is 0 Å². The van der Waals surface area contributed by atoms with Crippen LogP contribution in [0.2, 0.25) is 0 Å². The Kier molecular flexibility index (Phi) is 3.73. The molecule has 1 aromatic rings. The number of hydrogen-bond donors (Lipinski definition) is 3. The summed E-state index contributed by atoms with van der Waals surface area (Å²) in [5.74, 6) is 0.497. The average Bonchev–Trinajstić information content (AvgIpc) is 2.17. The molecular weight excluding hydrogens is 182 g/mol. The van der Waals surface area contributed by atoms with Crippen LogP contribution in [-0.4, -0.2) is 23.9 Å². The maximum atomic E-state index is 9.66. The van der Waals surface area contributed by atoms with Crippen molar-refractivity contribution in [3.63, 3.8) is 0 Å². The van der Waals surface area contributed by atoms with E-state index in [-0.39, 0.29) is 5.75 Å². The third kappa shape index (κ3) is 2.16. The summed E-state index contributed by atoms with van der Waals surface area (Å²) < 4.78 is 5.03. The fourth-order valence-corrected chi connectivity index (χ4v) is 1.28. The van der Waals surface area contributed by atoms with Crippen molar-refractivity contribution >= 4 is 0 Å². The summed E-state index contributed by atoms with van der Waals surface area (Å²) in [6.07, 6.45) is -0.906. The van der Waals surface area contributed by atoms with Gasteiger partial charge < -0.3 is 14.9 Å². The monoisotopic (exact) mass is 197 g/mol. The largest absolute Gasteiger partial charge is 0.507 e. The van der Waals surface area contributed by atoms with Gasteiger partial charge in [-0.3, -0.25) is 5.32 Å². The normalized spacial score (nSPS) is 12.5. The second kappa shape index (κ2) is 4.83. The van der Waals surface area contributed by atoms with Gasteiger partial charge in [0, 0.05) is 0 Å². The van der Waals surface area contributed by atoms with Gasteiger partial charge in [0.2, 0.25) is 0 Å². The number of benzene rings is 1. The number of phenols is 1. The zero-order valence-corrected chi connectivity index (χ0v) is 8.32. The molecule has 1 rings (SSSR count). The van der Waals surface area contributed by atoms with Crippen molar-refractivity contribution in [2.24, 2.45) is 0 Å². The molecule has 0 heterocycles. The van der Waals surface area contributed by atoms with E-state index < -0.39 is 6.23 Å². The molecule has 0 bridgehead atoms. The Morgan fingerprint density at radius 3 is 2.79 bits per heavy atom. The van der Waals surface area contributed by atoms with Crippen LogP contribution in [-0.2, 0) is 0 Å². The third-order valence-electron chi connectivity index (χ3n) is 1.93. The van der Waals surface area contributed by atoms with Crippen molar-refractivity contribution in [1.29, 1.82) is 0 Å². The van der Waals surface area contributed by atoms with Crippen molar-refractivity contribution < 1.29 is 14.9 Å². The van der Waals surface area contributed by atoms with Gasteiger partial charge in [0.05, 0.1) is 12.7 Å². The molecular formula is C10H15NO3. The molecule has 14 heavy (non-hydrogen) atoms. The quantitative estimate of drug-likeness (QED) is 0.630. The van der Waals surface area contributed by atoms with Gasteiger partial charge in [-0.05, 0) is 18.7 Å². The summed E-state index contributed by atoms with van der Waals surface area (Å²) in [7, 11) is 1.50. The molecule has 0 aliphatic rings. The van der Waals surface area contributed by atoms with Crippen molar-refractivity contribution in [3.05, 3.63) is 23.8 Å². The molecule has 4 nitrogen and oxygen atoms in total. The minimum atomic E-state index is -0.906. The first kappa shape index (κ1) is 10.8. The lowest BCUT2D eigenvalue weighted by molar-refractivity contribution is 0.134. The van der Waals surface area contributed by atoms with Gasteiger partial charge in [-0.1, -0.05) is 13.0 Å². The molecule has 0 saturated heterocycles. The number of hydrogen-bond acceptors (Lipinski definition) is 4. The molecule has 0 aliphatic heterocycles. The molecule has 0 amide bonds. The second-order valence-corrected chi connectivity index (χ2v) is 2.85. The van der Waals surface area contributed by atoms with Crippen LogP contribution in [0.1, 0.15) is 18.7 Å². The van der Waals surface area contributed by atoms with Crippen LogP contribution >= 0.6 is 0 Å². The molecule has 1 unspecified atom stereocenters. The first-order valence-electron chi connectivity index (χ1n) is 4.48. The van der Waals surface area contributed by atoms with Crippen LogP contribution in [0.15, 0.2) is 18.2 Å². The fraction of sp³-hybridized carbons (Fsp3) is 0.400. The third-order valence-corrected chi connectivity index (χ3v) is 1.93. The van der Waals surface area contributed by atoms with Gasteiger partial charge in [-0.25, -0.2) is 0 Å². The molecule has 0 aromatic heterocycles. The number of aliphatic hydroxyl groups excluding tert-OH is 1. The number of aromatic hydroxyl groups is 1. The van der Waals surface area contributed by atoms with Crippen molar-refractivity contribution in [1.82, 2.24) is 5.32 Å². The van der Waals surface area contributed by atoms with Crippen molar-refractivity contribution in [2.45, 2.75) is 13.2 Å². The van der Waals surface area contributed by atoms with E-state index in [1.807, 2.05) is 6.92 Å². The molecule has 0 spiro atoms. The predicted molar refractivity (Wildman–Crippen MR) is 53.3 cm³/mol. The number of nitrogens with one attached hydrogen (secondary N) is 1. The summed E-state index contributed by atoms with van der Waals surface area (Å²) in [4.78, 5) is 0. The molecule has 0 aliphatic carbocycles. The van der Waals surface area contributed by atoms with E-state index in [4.69, 9.17) is 4.74 Å². The number of aliphatic hydroxyl groups is 1. The Morgan fingerprint density at radius 1 is 1.50 bits per heavy atom. The SMILES string of the molecule is CCNC(O)c1c(O)cccc1OC. The Morgan fingerprint density at radius 2 is 2.21 bits per heavy atom. The van der Waals surface area contributed by atoms with E-state index in [1.54, 1.807) is 12.1 Å². The van der Waals surface area contributed by atoms with E-state index >= 15 is 0 Å². The van der Waals surface area contributed by atoms with E-state index in [9.17, 15) is 10.2 Å². The highest BCUT2D eigenvalue weighted by Gasteiger charge is 2.16. The first-order valence-corrected chi connectivity index (χ1v) is 4.48. The van der Waals surface area contributed by atoms with Gasteiger partial charge in [-0.2, -0.15) is 0 Å². The van der Waals surface area contributed by atoms with Crippen LogP contribution in [0.5, 0.6) is 11.5 Å². The number of ether oxygens (including phenoxy) is 1. The second-order valence-electron chi connectivity index (χ2n) is 2.85. The molecule has 0 fully saturated rings. The lowest BCUT2D eigenvalue weighted by Gasteiger charge is -2.16. The van der Waals surface area contributed by atoms with Crippen LogP contribution in [0.4, 0.5) is 0 Å². The highest BCUT2D eigenvalue weighted by atomic mass is 16.5. The van der Waals surface area contributed by atoms with Gasteiger partial charge in [-0.15, -0.1) is 0 Å². The summed E-state index contributed by atoms with van der Waals surface area (Å²) in [5.41, 5.74) is 0.372. The summed E-state index contributed by atoms with van der Waals surface area (Å²) in [6.45, 7) is 2.48. The smallest absolute Gasteiger partial charge is 0.138 e. The average molecular weight is 197 g/mol. The molecule has 1 atom stereocenters. The Balaban J connectivity index is 3.03. The number of phenolic OH excluding ortho intramolecular Hbond substituents is 1. The number of rotatable bonds is 4. The first-order chi connectivity index (χ1) is 6.70. The van der Waals surface area contributed by atoms with Gasteiger partial charge >= 0.3 is 0 Å². The predicted octanol–water partition coefficient (Wildman–Crippen LogP) is 1.00. The standard InChI is InChI=1S/C10H15NO3/c1-3-11-10(13)9-7(12)5-4-6-8(9)14-2/h4-6,10-13H,3H2,1-2H3. The molecule has 0 saturated carbocycles. The minimum absolute atomic E-state index is 0.0257. The lowest BCUT2D eigenvalue weighted by Crippen LogP contribution is -2.20. The van der Waals surface area contributed by atoms with Crippen molar-refractivity contribution in [3.8, 4) is 11.5 Å². The molecule has 0 radical (unpaired) electrons. The fourth-order valence-electron chi connectivity index (χ4n) is 1.28. The van der Waals surface area contributed by atoms with E-state index in [1.165, 1.54) is 13.2 Å². The Bertz CT molecular complexity index is 301. The van der Waals surface area contributed by atoms with E-state index in [0.29, 0.717) is 17.9 Å². The zero-order chi connectivity index (χ0) is 10.6.